The normalized spacial score (nSPS) is 12.8. The summed E-state index contributed by atoms with van der Waals surface area (Å²) in [6, 6.07) is 1.72. The third-order valence-corrected chi connectivity index (χ3v) is 1.87. The molecular formula is C8H13N3O2. The van der Waals surface area contributed by atoms with Crippen LogP contribution in [0.15, 0.2) is 6.07 Å². The first-order chi connectivity index (χ1) is 6.00. The number of carboxylic acid groups (broad SMARTS) is 1. The van der Waals surface area contributed by atoms with E-state index < -0.39 is 11.9 Å². The van der Waals surface area contributed by atoms with Crippen molar-refractivity contribution in [1.29, 1.82) is 0 Å². The Kier molecular flexibility index (Phi) is 2.55. The van der Waals surface area contributed by atoms with Crippen LogP contribution in [0.5, 0.6) is 0 Å². The summed E-state index contributed by atoms with van der Waals surface area (Å²) in [6.07, 6.45) is 0. The molecular weight excluding hydrogens is 170 g/mol. The van der Waals surface area contributed by atoms with E-state index in [1.165, 1.54) is 0 Å². The number of nitrogen functional groups attached to an aromatic ring is 1. The molecule has 0 amide bonds. The van der Waals surface area contributed by atoms with Gasteiger partial charge in [-0.05, 0) is 6.92 Å². The predicted octanol–water partition coefficient (Wildman–Crippen LogP) is 0.494. The number of rotatable bonds is 3. The lowest BCUT2D eigenvalue weighted by Crippen LogP contribution is -2.18. The average molecular weight is 183 g/mol. The van der Waals surface area contributed by atoms with Gasteiger partial charge in [0, 0.05) is 11.8 Å². The molecule has 0 fully saturated rings. The fourth-order valence-corrected chi connectivity index (χ4v) is 1.06. The molecule has 0 bridgehead atoms. The Morgan fingerprint density at radius 1 is 1.85 bits per heavy atom. The van der Waals surface area contributed by atoms with Crippen LogP contribution >= 0.6 is 0 Å². The average Bonchev–Trinajstić information content (AvgIpc) is 2.30. The molecule has 72 valence electrons. The zero-order valence-corrected chi connectivity index (χ0v) is 7.69. The summed E-state index contributed by atoms with van der Waals surface area (Å²) in [5.41, 5.74) is 6.33. The molecule has 1 aromatic rings. The number of carbonyl (C=O) groups is 1. The van der Waals surface area contributed by atoms with Gasteiger partial charge in [0.2, 0.25) is 0 Å². The van der Waals surface area contributed by atoms with Crippen LogP contribution in [-0.4, -0.2) is 20.9 Å². The Hall–Kier alpha value is -1.52. The third-order valence-electron chi connectivity index (χ3n) is 1.87. The maximum atomic E-state index is 10.5. The topological polar surface area (TPSA) is 81.1 Å². The highest BCUT2D eigenvalue weighted by molar-refractivity contribution is 5.69. The molecule has 13 heavy (non-hydrogen) atoms. The van der Waals surface area contributed by atoms with Crippen molar-refractivity contribution in [2.75, 3.05) is 5.73 Å². The number of aryl methyl sites for hydroxylation is 1. The van der Waals surface area contributed by atoms with Crippen LogP contribution in [0.2, 0.25) is 0 Å². The standard InChI is InChI=1S/C8H13N3O2/c1-5(8(12)13)4-11-6(2)3-7(9)10-11/h3,5H,4H2,1-2H3,(H2,9,10)(H,12,13)/t5-/m0/s1. The minimum absolute atomic E-state index is 0.359. The molecule has 1 atom stereocenters. The van der Waals surface area contributed by atoms with Crippen LogP contribution < -0.4 is 5.73 Å². The molecule has 3 N–H and O–H groups in total. The van der Waals surface area contributed by atoms with E-state index >= 15 is 0 Å². The van der Waals surface area contributed by atoms with Crippen LogP contribution in [0.4, 0.5) is 5.82 Å². The molecule has 0 saturated heterocycles. The molecule has 0 unspecified atom stereocenters. The van der Waals surface area contributed by atoms with Crippen LogP contribution in [0.25, 0.3) is 0 Å². The van der Waals surface area contributed by atoms with Gasteiger partial charge >= 0.3 is 5.97 Å². The van der Waals surface area contributed by atoms with Crippen molar-refractivity contribution in [1.82, 2.24) is 9.78 Å². The first-order valence-electron chi connectivity index (χ1n) is 4.03. The molecule has 0 radical (unpaired) electrons. The molecule has 0 aliphatic carbocycles. The smallest absolute Gasteiger partial charge is 0.308 e. The lowest BCUT2D eigenvalue weighted by molar-refractivity contribution is -0.141. The van der Waals surface area contributed by atoms with Gasteiger partial charge in [-0.25, -0.2) is 0 Å². The fourth-order valence-electron chi connectivity index (χ4n) is 1.06. The molecule has 0 aromatic carbocycles. The maximum absolute atomic E-state index is 10.5. The fraction of sp³-hybridized carbons (Fsp3) is 0.500. The molecule has 0 aliphatic rings. The summed E-state index contributed by atoms with van der Waals surface area (Å²) in [5, 5.41) is 12.6. The number of nitrogens with zero attached hydrogens (tertiary/aromatic N) is 2. The van der Waals surface area contributed by atoms with E-state index in [4.69, 9.17) is 10.8 Å². The number of aromatic nitrogens is 2. The van der Waals surface area contributed by atoms with Gasteiger partial charge < -0.3 is 10.8 Å². The van der Waals surface area contributed by atoms with Gasteiger partial charge in [0.1, 0.15) is 5.82 Å². The summed E-state index contributed by atoms with van der Waals surface area (Å²) >= 11 is 0. The van der Waals surface area contributed by atoms with Crippen molar-refractivity contribution in [3.8, 4) is 0 Å². The van der Waals surface area contributed by atoms with Crippen LogP contribution in [-0.2, 0) is 11.3 Å². The third kappa shape index (κ3) is 2.21. The van der Waals surface area contributed by atoms with Crippen molar-refractivity contribution < 1.29 is 9.90 Å². The molecule has 1 aromatic heterocycles. The SMILES string of the molecule is Cc1cc(N)nn1C[C@H](C)C(=O)O. The first kappa shape index (κ1) is 9.57. The highest BCUT2D eigenvalue weighted by atomic mass is 16.4. The predicted molar refractivity (Wildman–Crippen MR) is 48.2 cm³/mol. The number of nitrogens with two attached hydrogens (primary N) is 1. The largest absolute Gasteiger partial charge is 0.481 e. The molecule has 0 aliphatic heterocycles. The molecule has 1 rings (SSSR count). The lowest BCUT2D eigenvalue weighted by Gasteiger charge is -2.07. The summed E-state index contributed by atoms with van der Waals surface area (Å²) < 4.78 is 1.61. The Labute approximate surface area is 76.2 Å². The van der Waals surface area contributed by atoms with Crippen LogP contribution in [0.3, 0.4) is 0 Å². The number of hydrogen-bond donors (Lipinski definition) is 2. The zero-order valence-electron chi connectivity index (χ0n) is 7.69. The van der Waals surface area contributed by atoms with Crippen molar-refractivity contribution >= 4 is 11.8 Å². The summed E-state index contributed by atoms with van der Waals surface area (Å²) in [6.45, 7) is 3.84. The number of hydrogen-bond acceptors (Lipinski definition) is 3. The maximum Gasteiger partial charge on any atom is 0.308 e. The van der Waals surface area contributed by atoms with Crippen LogP contribution in [0.1, 0.15) is 12.6 Å². The second kappa shape index (κ2) is 3.47. The van der Waals surface area contributed by atoms with Crippen molar-refractivity contribution in [2.24, 2.45) is 5.92 Å². The van der Waals surface area contributed by atoms with E-state index in [1.807, 2.05) is 6.92 Å². The van der Waals surface area contributed by atoms with Crippen molar-refractivity contribution in [2.45, 2.75) is 20.4 Å². The van der Waals surface area contributed by atoms with E-state index in [1.54, 1.807) is 17.7 Å². The van der Waals surface area contributed by atoms with Gasteiger partial charge in [-0.15, -0.1) is 0 Å². The van der Waals surface area contributed by atoms with E-state index in [2.05, 4.69) is 5.10 Å². The van der Waals surface area contributed by atoms with Gasteiger partial charge in [-0.3, -0.25) is 9.48 Å². The summed E-state index contributed by atoms with van der Waals surface area (Å²) in [5.74, 6) is -0.846. The molecule has 5 nitrogen and oxygen atoms in total. The summed E-state index contributed by atoms with van der Waals surface area (Å²) in [4.78, 5) is 10.5. The van der Waals surface area contributed by atoms with E-state index in [0.29, 0.717) is 12.4 Å². The monoisotopic (exact) mass is 183 g/mol. The van der Waals surface area contributed by atoms with E-state index in [-0.39, 0.29) is 0 Å². The molecule has 1 heterocycles. The lowest BCUT2D eigenvalue weighted by atomic mass is 10.2. The molecule has 5 heteroatoms. The van der Waals surface area contributed by atoms with Gasteiger partial charge in [0.25, 0.3) is 0 Å². The minimum Gasteiger partial charge on any atom is -0.481 e. The molecule has 0 spiro atoms. The number of aliphatic carboxylic acids is 1. The Morgan fingerprint density at radius 3 is 2.85 bits per heavy atom. The van der Waals surface area contributed by atoms with Gasteiger partial charge in [-0.2, -0.15) is 5.10 Å². The van der Waals surface area contributed by atoms with Crippen molar-refractivity contribution in [3.63, 3.8) is 0 Å². The quantitative estimate of drug-likeness (QED) is 0.714. The Morgan fingerprint density at radius 2 is 2.46 bits per heavy atom. The van der Waals surface area contributed by atoms with E-state index in [0.717, 1.165) is 5.69 Å². The number of anilines is 1. The highest BCUT2D eigenvalue weighted by Crippen LogP contribution is 2.07. The summed E-state index contributed by atoms with van der Waals surface area (Å²) in [7, 11) is 0. The first-order valence-corrected chi connectivity index (χ1v) is 4.03. The Balaban J connectivity index is 2.74. The van der Waals surface area contributed by atoms with Crippen molar-refractivity contribution in [3.05, 3.63) is 11.8 Å². The minimum atomic E-state index is -0.825. The van der Waals surface area contributed by atoms with Crippen LogP contribution in [0, 0.1) is 12.8 Å². The van der Waals surface area contributed by atoms with Gasteiger partial charge in [0.15, 0.2) is 0 Å². The van der Waals surface area contributed by atoms with Gasteiger partial charge in [0.05, 0.1) is 12.5 Å². The molecule has 0 saturated carbocycles. The zero-order chi connectivity index (χ0) is 10.0. The highest BCUT2D eigenvalue weighted by Gasteiger charge is 2.13. The van der Waals surface area contributed by atoms with E-state index in [9.17, 15) is 4.79 Å². The second-order valence-corrected chi connectivity index (χ2v) is 3.13. The van der Waals surface area contributed by atoms with Gasteiger partial charge in [-0.1, -0.05) is 6.92 Å². The number of carboxylic acids is 1. The Bertz CT molecular complexity index is 319. The second-order valence-electron chi connectivity index (χ2n) is 3.13.